The molecule has 2 saturated carbocycles. The Balaban J connectivity index is 1.44. The largest absolute Gasteiger partial charge is 0.504 e. The van der Waals surface area contributed by atoms with E-state index in [9.17, 15) is 19.8 Å². The zero-order chi connectivity index (χ0) is 22.5. The van der Waals surface area contributed by atoms with Gasteiger partial charge in [0.2, 0.25) is 0 Å². The Morgan fingerprint density at radius 1 is 0.806 bits per heavy atom. The van der Waals surface area contributed by atoms with Crippen LogP contribution in [0.1, 0.15) is 49.7 Å². The van der Waals surface area contributed by atoms with E-state index in [0.717, 1.165) is 11.1 Å². The minimum Gasteiger partial charge on any atom is -0.504 e. The fourth-order valence-electron chi connectivity index (χ4n) is 4.60. The van der Waals surface area contributed by atoms with Gasteiger partial charge in [0, 0.05) is 11.8 Å². The maximum atomic E-state index is 13.2. The summed E-state index contributed by atoms with van der Waals surface area (Å²) in [6.45, 7) is 3.47. The molecule has 4 atom stereocenters. The summed E-state index contributed by atoms with van der Waals surface area (Å²) >= 11 is 0. The number of ether oxygens (including phenoxy) is 2. The molecule has 31 heavy (non-hydrogen) atoms. The summed E-state index contributed by atoms with van der Waals surface area (Å²) in [5.74, 6) is 0.556. The molecular formula is C25H28O6. The molecule has 6 heteroatoms. The second-order valence-electron chi connectivity index (χ2n) is 9.11. The van der Waals surface area contributed by atoms with Crippen molar-refractivity contribution in [1.29, 1.82) is 0 Å². The van der Waals surface area contributed by atoms with Crippen molar-refractivity contribution in [1.82, 2.24) is 0 Å². The summed E-state index contributed by atoms with van der Waals surface area (Å²) in [4.78, 5) is 26.5. The SMILES string of the molecule is COc1cc(C2CC2C(=O)C(C)(C)C(=O)C2CC2c2ccc(O)c(OC)c2)ccc1O. The molecule has 0 saturated heterocycles. The summed E-state index contributed by atoms with van der Waals surface area (Å²) in [5.41, 5.74) is 0.828. The van der Waals surface area contributed by atoms with Crippen molar-refractivity contribution in [2.45, 2.75) is 38.5 Å². The first kappa shape index (κ1) is 21.2. The molecule has 4 unspecified atom stereocenters. The molecule has 0 spiro atoms. The summed E-state index contributed by atoms with van der Waals surface area (Å²) in [7, 11) is 2.98. The molecule has 0 amide bonds. The smallest absolute Gasteiger partial charge is 0.160 e. The average Bonchev–Trinajstić information content (AvgIpc) is 3.67. The first-order valence-corrected chi connectivity index (χ1v) is 10.5. The van der Waals surface area contributed by atoms with E-state index < -0.39 is 5.41 Å². The molecule has 0 aliphatic heterocycles. The molecular weight excluding hydrogens is 396 g/mol. The Labute approximate surface area is 181 Å². The van der Waals surface area contributed by atoms with Crippen molar-refractivity contribution >= 4 is 11.6 Å². The number of hydrogen-bond acceptors (Lipinski definition) is 6. The zero-order valence-corrected chi connectivity index (χ0v) is 18.2. The van der Waals surface area contributed by atoms with Crippen LogP contribution in [0.15, 0.2) is 36.4 Å². The van der Waals surface area contributed by atoms with Crippen molar-refractivity contribution in [3.05, 3.63) is 47.5 Å². The van der Waals surface area contributed by atoms with Crippen molar-refractivity contribution in [3.63, 3.8) is 0 Å². The number of methoxy groups -OCH3 is 2. The van der Waals surface area contributed by atoms with Crippen LogP contribution in [0.4, 0.5) is 0 Å². The fourth-order valence-corrected chi connectivity index (χ4v) is 4.60. The molecule has 0 aromatic heterocycles. The van der Waals surface area contributed by atoms with Gasteiger partial charge in [0.15, 0.2) is 23.0 Å². The third kappa shape index (κ3) is 3.75. The van der Waals surface area contributed by atoms with E-state index in [4.69, 9.17) is 9.47 Å². The molecule has 0 heterocycles. The van der Waals surface area contributed by atoms with E-state index in [1.165, 1.54) is 14.2 Å². The van der Waals surface area contributed by atoms with E-state index in [-0.39, 0.29) is 46.7 Å². The van der Waals surface area contributed by atoms with Gasteiger partial charge in [-0.05, 0) is 73.9 Å². The number of ketones is 2. The van der Waals surface area contributed by atoms with Gasteiger partial charge in [-0.3, -0.25) is 9.59 Å². The Morgan fingerprint density at radius 3 is 1.55 bits per heavy atom. The molecule has 164 valence electrons. The maximum Gasteiger partial charge on any atom is 0.160 e. The highest BCUT2D eigenvalue weighted by Crippen LogP contribution is 2.56. The molecule has 2 N–H and O–H groups in total. The van der Waals surface area contributed by atoms with Crippen molar-refractivity contribution in [2.75, 3.05) is 14.2 Å². The van der Waals surface area contributed by atoms with E-state index in [0.29, 0.717) is 24.3 Å². The lowest BCUT2D eigenvalue weighted by Gasteiger charge is -2.22. The number of rotatable bonds is 8. The number of aromatic hydroxyl groups is 2. The summed E-state index contributed by atoms with van der Waals surface area (Å²) in [5, 5.41) is 19.6. The first-order valence-electron chi connectivity index (χ1n) is 10.5. The lowest BCUT2D eigenvalue weighted by atomic mass is 9.78. The quantitative estimate of drug-likeness (QED) is 0.618. The van der Waals surface area contributed by atoms with E-state index in [1.54, 1.807) is 50.2 Å². The summed E-state index contributed by atoms with van der Waals surface area (Å²) in [6, 6.07) is 10.3. The molecule has 2 fully saturated rings. The standard InChI is InChI=1S/C25H28O6/c1-25(2,23(28)17-11-15(17)13-5-7-19(26)21(9-13)30-3)24(29)18-12-16(18)14-6-8-20(27)22(10-14)31-4/h5-10,15-18,26-27H,11-12H2,1-4H3. The van der Waals surface area contributed by atoms with E-state index >= 15 is 0 Å². The molecule has 6 nitrogen and oxygen atoms in total. The topological polar surface area (TPSA) is 93.1 Å². The van der Waals surface area contributed by atoms with Crippen LogP contribution in [-0.2, 0) is 9.59 Å². The predicted octanol–water partition coefficient (Wildman–Crippen LogP) is 4.19. The molecule has 0 bridgehead atoms. The highest BCUT2D eigenvalue weighted by atomic mass is 16.5. The highest BCUT2D eigenvalue weighted by Gasteiger charge is 2.56. The predicted molar refractivity (Wildman–Crippen MR) is 115 cm³/mol. The van der Waals surface area contributed by atoms with Gasteiger partial charge in [0.1, 0.15) is 11.6 Å². The summed E-state index contributed by atoms with van der Waals surface area (Å²) in [6.07, 6.45) is 1.40. The van der Waals surface area contributed by atoms with Crippen molar-refractivity contribution < 1.29 is 29.3 Å². The third-order valence-electron chi connectivity index (χ3n) is 6.75. The van der Waals surface area contributed by atoms with Crippen LogP contribution in [0.3, 0.4) is 0 Å². The lowest BCUT2D eigenvalue weighted by molar-refractivity contribution is -0.140. The van der Waals surface area contributed by atoms with Gasteiger partial charge in [-0.25, -0.2) is 0 Å². The van der Waals surface area contributed by atoms with Gasteiger partial charge in [-0.15, -0.1) is 0 Å². The molecule has 0 radical (unpaired) electrons. The van der Waals surface area contributed by atoms with Crippen LogP contribution < -0.4 is 9.47 Å². The van der Waals surface area contributed by atoms with Crippen LogP contribution in [0.2, 0.25) is 0 Å². The highest BCUT2D eigenvalue weighted by molar-refractivity contribution is 6.10. The van der Waals surface area contributed by atoms with Crippen molar-refractivity contribution in [3.8, 4) is 23.0 Å². The summed E-state index contributed by atoms with van der Waals surface area (Å²) < 4.78 is 10.3. The molecule has 4 rings (SSSR count). The minimum absolute atomic E-state index is 0.0246. The molecule has 2 aromatic carbocycles. The number of Topliss-reactive ketones (excluding diaryl/α,β-unsaturated/α-hetero) is 2. The number of phenols is 2. The Hall–Kier alpha value is -3.02. The first-order chi connectivity index (χ1) is 14.7. The van der Waals surface area contributed by atoms with Gasteiger partial charge in [-0.2, -0.15) is 0 Å². The number of carbonyl (C=O) groups is 2. The average molecular weight is 424 g/mol. The second-order valence-corrected chi connectivity index (χ2v) is 9.11. The molecule has 2 aliphatic rings. The van der Waals surface area contributed by atoms with Gasteiger partial charge in [-0.1, -0.05) is 12.1 Å². The van der Waals surface area contributed by atoms with Gasteiger partial charge in [0.25, 0.3) is 0 Å². The van der Waals surface area contributed by atoms with Crippen LogP contribution in [0.25, 0.3) is 0 Å². The van der Waals surface area contributed by atoms with Gasteiger partial charge >= 0.3 is 0 Å². The van der Waals surface area contributed by atoms with Crippen molar-refractivity contribution in [2.24, 2.45) is 17.3 Å². The number of benzene rings is 2. The number of hydrogen-bond donors (Lipinski definition) is 2. The Morgan fingerprint density at radius 2 is 1.19 bits per heavy atom. The number of carbonyl (C=O) groups excluding carboxylic acids is 2. The van der Waals surface area contributed by atoms with E-state index in [2.05, 4.69) is 0 Å². The minimum atomic E-state index is -1.05. The zero-order valence-electron chi connectivity index (χ0n) is 18.2. The fraction of sp³-hybridized carbons (Fsp3) is 0.440. The van der Waals surface area contributed by atoms with E-state index in [1.807, 2.05) is 0 Å². The monoisotopic (exact) mass is 424 g/mol. The van der Waals surface area contributed by atoms with Crippen LogP contribution >= 0.6 is 0 Å². The Kier molecular flexibility index (Phi) is 5.20. The van der Waals surface area contributed by atoms with Crippen LogP contribution in [-0.4, -0.2) is 36.0 Å². The molecule has 2 aliphatic carbocycles. The maximum absolute atomic E-state index is 13.2. The Bertz CT molecular complexity index is 959. The lowest BCUT2D eigenvalue weighted by Crippen LogP contribution is -2.36. The van der Waals surface area contributed by atoms with Crippen LogP contribution in [0, 0.1) is 17.3 Å². The van der Waals surface area contributed by atoms with Gasteiger partial charge in [0.05, 0.1) is 19.6 Å². The van der Waals surface area contributed by atoms with Gasteiger partial charge < -0.3 is 19.7 Å². The molecule has 2 aromatic rings. The number of phenolic OH excluding ortho intramolecular Hbond substituents is 2. The normalized spacial score (nSPS) is 24.4. The van der Waals surface area contributed by atoms with Crippen LogP contribution in [0.5, 0.6) is 23.0 Å². The second kappa shape index (κ2) is 7.59. The third-order valence-corrected chi connectivity index (χ3v) is 6.75.